The van der Waals surface area contributed by atoms with E-state index in [2.05, 4.69) is 42.1 Å². The molecule has 212 valence electrons. The monoisotopic (exact) mass is 587 g/mol. The van der Waals surface area contributed by atoms with E-state index in [-0.39, 0.29) is 31.1 Å². The SMILES string of the molecule is [C-]#[N+]c1cnc(N[C@H]2CCN(S(C)(=O)=O)C[C@H]2F)nc1-c1cnn(-c2ccc(CN3CCN(C)CC3)cc2Cl)c1. The first-order chi connectivity index (χ1) is 19.1. The van der Waals surface area contributed by atoms with Gasteiger partial charge in [0.25, 0.3) is 0 Å². The molecule has 0 radical (unpaired) electrons. The average molecular weight is 588 g/mol. The Morgan fingerprint density at radius 3 is 2.65 bits per heavy atom. The molecule has 3 aromatic rings. The third kappa shape index (κ3) is 6.42. The van der Waals surface area contributed by atoms with Gasteiger partial charge in [0.2, 0.25) is 21.7 Å². The van der Waals surface area contributed by atoms with Gasteiger partial charge in [0.15, 0.2) is 0 Å². The highest BCUT2D eigenvalue weighted by molar-refractivity contribution is 7.88. The summed E-state index contributed by atoms with van der Waals surface area (Å²) in [6, 6.07) is 5.27. The minimum absolute atomic E-state index is 0.155. The molecule has 2 saturated heterocycles. The molecule has 2 fully saturated rings. The second kappa shape index (κ2) is 11.8. The lowest BCUT2D eigenvalue weighted by molar-refractivity contribution is 0.148. The summed E-state index contributed by atoms with van der Waals surface area (Å²) in [7, 11) is -1.33. The van der Waals surface area contributed by atoms with Gasteiger partial charge in [-0.1, -0.05) is 17.7 Å². The maximum Gasteiger partial charge on any atom is 0.231 e. The summed E-state index contributed by atoms with van der Waals surface area (Å²) in [5, 5.41) is 7.99. The largest absolute Gasteiger partial charge is 0.349 e. The zero-order valence-corrected chi connectivity index (χ0v) is 23.9. The Hall–Kier alpha value is -3.15. The molecular formula is C26H31ClFN9O2S. The number of hydrogen-bond donors (Lipinski definition) is 1. The highest BCUT2D eigenvalue weighted by Crippen LogP contribution is 2.31. The molecule has 1 aromatic carbocycles. The Morgan fingerprint density at radius 2 is 1.98 bits per heavy atom. The van der Waals surface area contributed by atoms with E-state index in [1.165, 1.54) is 6.20 Å². The first-order valence-corrected chi connectivity index (χ1v) is 15.2. The fourth-order valence-corrected chi connectivity index (χ4v) is 6.06. The van der Waals surface area contributed by atoms with E-state index in [0.717, 1.165) is 48.8 Å². The van der Waals surface area contributed by atoms with E-state index >= 15 is 0 Å². The summed E-state index contributed by atoms with van der Waals surface area (Å²) >= 11 is 6.66. The van der Waals surface area contributed by atoms with Crippen molar-refractivity contribution in [2.45, 2.75) is 25.2 Å². The molecular weight excluding hydrogens is 557 g/mol. The minimum Gasteiger partial charge on any atom is -0.349 e. The summed E-state index contributed by atoms with van der Waals surface area (Å²) < 4.78 is 41.1. The van der Waals surface area contributed by atoms with Crippen molar-refractivity contribution in [1.29, 1.82) is 0 Å². The first-order valence-electron chi connectivity index (χ1n) is 13.0. The summed E-state index contributed by atoms with van der Waals surface area (Å²) in [4.78, 5) is 16.9. The average Bonchev–Trinajstić information content (AvgIpc) is 3.40. The molecule has 0 aliphatic carbocycles. The summed E-state index contributed by atoms with van der Waals surface area (Å²) in [5.74, 6) is 0.155. The molecule has 2 aliphatic heterocycles. The number of likely N-dealkylation sites (N-methyl/N-ethyl adjacent to an activating group) is 1. The van der Waals surface area contributed by atoms with Gasteiger partial charge in [-0.05, 0) is 31.2 Å². The number of aromatic nitrogens is 4. The van der Waals surface area contributed by atoms with Crippen molar-refractivity contribution in [3.63, 3.8) is 0 Å². The van der Waals surface area contributed by atoms with Gasteiger partial charge in [-0.25, -0.2) is 32.3 Å². The first kappa shape index (κ1) is 28.4. The van der Waals surface area contributed by atoms with Crippen molar-refractivity contribution in [2.75, 3.05) is 57.9 Å². The zero-order valence-electron chi connectivity index (χ0n) is 22.3. The van der Waals surface area contributed by atoms with Crippen molar-refractivity contribution < 1.29 is 12.8 Å². The molecule has 0 unspecified atom stereocenters. The van der Waals surface area contributed by atoms with Gasteiger partial charge in [0.1, 0.15) is 6.17 Å². The second-order valence-electron chi connectivity index (χ2n) is 10.3. The van der Waals surface area contributed by atoms with Gasteiger partial charge < -0.3 is 10.2 Å². The van der Waals surface area contributed by atoms with Crippen LogP contribution in [0.25, 0.3) is 21.8 Å². The number of anilines is 1. The smallest absolute Gasteiger partial charge is 0.231 e. The topological polar surface area (TPSA) is 104 Å². The predicted molar refractivity (Wildman–Crippen MR) is 152 cm³/mol. The fraction of sp³-hybridized carbons (Fsp3) is 0.462. The number of rotatable bonds is 7. The molecule has 0 spiro atoms. The van der Waals surface area contributed by atoms with Crippen LogP contribution in [0.5, 0.6) is 0 Å². The number of piperazine rings is 1. The van der Waals surface area contributed by atoms with Crippen LogP contribution in [0.2, 0.25) is 5.02 Å². The molecule has 0 saturated carbocycles. The number of hydrogen-bond acceptors (Lipinski definition) is 8. The molecule has 14 heteroatoms. The van der Waals surface area contributed by atoms with Gasteiger partial charge in [-0.15, -0.1) is 0 Å². The predicted octanol–water partition coefficient (Wildman–Crippen LogP) is 3.06. The molecule has 5 rings (SSSR count). The van der Waals surface area contributed by atoms with E-state index in [4.69, 9.17) is 18.2 Å². The number of benzene rings is 1. The Morgan fingerprint density at radius 1 is 1.20 bits per heavy atom. The van der Waals surface area contributed by atoms with Crippen LogP contribution >= 0.6 is 11.6 Å². The quantitative estimate of drug-likeness (QED) is 0.421. The molecule has 2 atom stereocenters. The molecule has 2 aromatic heterocycles. The molecule has 0 bridgehead atoms. The van der Waals surface area contributed by atoms with Crippen LogP contribution in [0.1, 0.15) is 12.0 Å². The van der Waals surface area contributed by atoms with Crippen molar-refractivity contribution in [3.8, 4) is 16.9 Å². The summed E-state index contributed by atoms with van der Waals surface area (Å²) in [5.41, 5.74) is 2.98. The van der Waals surface area contributed by atoms with Gasteiger partial charge in [-0.2, -0.15) is 9.40 Å². The van der Waals surface area contributed by atoms with Crippen molar-refractivity contribution in [1.82, 2.24) is 33.9 Å². The maximum atomic E-state index is 14.8. The molecule has 2 aliphatic rings. The number of nitrogens with one attached hydrogen (secondary N) is 1. The van der Waals surface area contributed by atoms with Crippen molar-refractivity contribution in [3.05, 3.63) is 58.8 Å². The Kier molecular flexibility index (Phi) is 8.34. The van der Waals surface area contributed by atoms with E-state index in [9.17, 15) is 12.8 Å². The van der Waals surface area contributed by atoms with E-state index in [1.54, 1.807) is 17.1 Å². The molecule has 11 nitrogen and oxygen atoms in total. The van der Waals surface area contributed by atoms with Crippen LogP contribution in [0.4, 0.5) is 16.0 Å². The highest BCUT2D eigenvalue weighted by atomic mass is 35.5. The van der Waals surface area contributed by atoms with Crippen molar-refractivity contribution >= 4 is 33.3 Å². The highest BCUT2D eigenvalue weighted by Gasteiger charge is 2.33. The number of piperidine rings is 1. The Bertz CT molecular complexity index is 1520. The van der Waals surface area contributed by atoms with Crippen LogP contribution in [0, 0.1) is 6.57 Å². The van der Waals surface area contributed by atoms with Gasteiger partial charge in [0, 0.05) is 63.8 Å². The zero-order chi connectivity index (χ0) is 28.4. The van der Waals surface area contributed by atoms with Crippen LogP contribution in [0.3, 0.4) is 0 Å². The van der Waals surface area contributed by atoms with Crippen LogP contribution in [0.15, 0.2) is 36.8 Å². The fourth-order valence-electron chi connectivity index (χ4n) is 4.92. The Labute approximate surface area is 238 Å². The molecule has 0 amide bonds. The lowest BCUT2D eigenvalue weighted by Gasteiger charge is -2.33. The van der Waals surface area contributed by atoms with Crippen LogP contribution in [-0.2, 0) is 16.6 Å². The maximum absolute atomic E-state index is 14.8. The molecule has 1 N–H and O–H groups in total. The lowest BCUT2D eigenvalue weighted by atomic mass is 10.1. The number of sulfonamides is 1. The third-order valence-electron chi connectivity index (χ3n) is 7.29. The van der Waals surface area contributed by atoms with Crippen LogP contribution < -0.4 is 5.32 Å². The third-order valence-corrected chi connectivity index (χ3v) is 8.87. The number of alkyl halides is 1. The standard InChI is InChI=1S/C26H31ClFN9O2S/c1-29-23-14-30-26(32-22-6-7-36(17-21(22)28)40(3,38)39)33-25(23)19-13-31-37(16-19)24-5-4-18(12-20(24)27)15-35-10-8-34(2)9-11-35/h4-5,12-14,16,21-22H,6-11,15,17H2,2-3H3,(H,30,32,33)/t21-,22+/m1/s1. The summed E-state index contributed by atoms with van der Waals surface area (Å²) in [6.45, 7) is 12.5. The lowest BCUT2D eigenvalue weighted by Crippen LogP contribution is -2.49. The number of nitrogens with zero attached hydrogens (tertiary/aromatic N) is 8. The van der Waals surface area contributed by atoms with Gasteiger partial charge in [-0.3, -0.25) is 4.90 Å². The van der Waals surface area contributed by atoms with E-state index in [0.29, 0.717) is 22.0 Å². The van der Waals surface area contributed by atoms with E-state index < -0.39 is 22.2 Å². The molecule has 40 heavy (non-hydrogen) atoms. The van der Waals surface area contributed by atoms with Gasteiger partial charge >= 0.3 is 0 Å². The van der Waals surface area contributed by atoms with Crippen molar-refractivity contribution in [2.24, 2.45) is 0 Å². The number of halogens is 2. The van der Waals surface area contributed by atoms with Crippen LogP contribution in [-0.4, -0.2) is 107 Å². The second-order valence-corrected chi connectivity index (χ2v) is 12.6. The minimum atomic E-state index is -3.46. The Balaban J connectivity index is 1.31. The van der Waals surface area contributed by atoms with E-state index in [1.807, 2.05) is 18.2 Å². The van der Waals surface area contributed by atoms with Gasteiger partial charge in [0.05, 0.1) is 41.5 Å². The summed E-state index contributed by atoms with van der Waals surface area (Å²) in [6.07, 6.45) is 4.62. The molecule has 4 heterocycles. The normalized spacial score (nSPS) is 21.3.